The van der Waals surface area contributed by atoms with Crippen LogP contribution in [0, 0.1) is 0 Å². The van der Waals surface area contributed by atoms with Crippen molar-refractivity contribution in [2.75, 3.05) is 19.9 Å². The number of oxazole rings is 1. The second-order valence-corrected chi connectivity index (χ2v) is 7.07. The Morgan fingerprint density at radius 2 is 1.89 bits per heavy atom. The summed E-state index contributed by atoms with van der Waals surface area (Å²) in [7, 11) is 0. The molecule has 0 radical (unpaired) electrons. The Morgan fingerprint density at radius 3 is 2.75 bits per heavy atom. The molecule has 0 aliphatic carbocycles. The normalized spacial score (nSPS) is 16.9. The van der Waals surface area contributed by atoms with Gasteiger partial charge in [-0.3, -0.25) is 4.79 Å². The number of likely N-dealkylation sites (tertiary alicyclic amines) is 1. The molecule has 1 aromatic heterocycles. The van der Waals surface area contributed by atoms with Crippen molar-refractivity contribution in [1.29, 1.82) is 0 Å². The summed E-state index contributed by atoms with van der Waals surface area (Å²) in [5.41, 5.74) is 2.63. The molecule has 0 spiro atoms. The van der Waals surface area contributed by atoms with E-state index in [4.69, 9.17) is 13.9 Å². The van der Waals surface area contributed by atoms with Crippen molar-refractivity contribution in [3.63, 3.8) is 0 Å². The van der Waals surface area contributed by atoms with Crippen LogP contribution in [0.1, 0.15) is 30.2 Å². The number of fused-ring (bicyclic) bond motifs is 2. The largest absolute Gasteiger partial charge is 0.454 e. The molecule has 2 aromatic carbocycles. The molecule has 2 aliphatic heterocycles. The van der Waals surface area contributed by atoms with Crippen LogP contribution in [0.5, 0.6) is 11.5 Å². The van der Waals surface area contributed by atoms with E-state index in [2.05, 4.69) is 4.98 Å². The summed E-state index contributed by atoms with van der Waals surface area (Å²) in [4.78, 5) is 19.0. The minimum atomic E-state index is 0.0219. The molecule has 0 bridgehead atoms. The molecule has 0 saturated carbocycles. The summed E-state index contributed by atoms with van der Waals surface area (Å²) in [6.45, 7) is 1.65. The highest BCUT2D eigenvalue weighted by Crippen LogP contribution is 2.33. The third-order valence-electron chi connectivity index (χ3n) is 5.28. The summed E-state index contributed by atoms with van der Waals surface area (Å²) in [5, 5.41) is 0. The molecule has 1 amide bonds. The van der Waals surface area contributed by atoms with Crippen LogP contribution in [0.3, 0.4) is 0 Å². The van der Waals surface area contributed by atoms with Gasteiger partial charge in [-0.2, -0.15) is 0 Å². The number of carbonyl (C=O) groups is 1. The SMILES string of the molecule is O=C(/C=C/c1ccc2c(c1)OCO2)N1CCC(c2nc3ccccc3o2)CC1. The molecule has 0 atom stereocenters. The predicted octanol–water partition coefficient (Wildman–Crippen LogP) is 3.98. The number of hydrogen-bond donors (Lipinski definition) is 0. The molecule has 0 N–H and O–H groups in total. The van der Waals surface area contributed by atoms with Crippen molar-refractivity contribution in [3.05, 3.63) is 60.0 Å². The molecule has 1 fully saturated rings. The molecule has 3 aromatic rings. The lowest BCUT2D eigenvalue weighted by Gasteiger charge is -2.29. The molecule has 142 valence electrons. The van der Waals surface area contributed by atoms with Crippen molar-refractivity contribution in [2.24, 2.45) is 0 Å². The van der Waals surface area contributed by atoms with E-state index in [1.54, 1.807) is 6.08 Å². The first-order chi connectivity index (χ1) is 13.8. The molecule has 1 saturated heterocycles. The molecular weight excluding hydrogens is 356 g/mol. The molecule has 28 heavy (non-hydrogen) atoms. The average Bonchev–Trinajstić information content (AvgIpc) is 3.38. The Kier molecular flexibility index (Phi) is 4.24. The number of amides is 1. The maximum Gasteiger partial charge on any atom is 0.246 e. The van der Waals surface area contributed by atoms with Gasteiger partial charge in [0.05, 0.1) is 0 Å². The second-order valence-electron chi connectivity index (χ2n) is 7.07. The van der Waals surface area contributed by atoms with Crippen molar-refractivity contribution < 1.29 is 18.7 Å². The fourth-order valence-corrected chi connectivity index (χ4v) is 3.70. The van der Waals surface area contributed by atoms with E-state index in [0.717, 1.165) is 41.1 Å². The quantitative estimate of drug-likeness (QED) is 0.647. The third-order valence-corrected chi connectivity index (χ3v) is 5.28. The van der Waals surface area contributed by atoms with E-state index in [9.17, 15) is 4.79 Å². The zero-order valence-corrected chi connectivity index (χ0v) is 15.3. The zero-order chi connectivity index (χ0) is 18.9. The monoisotopic (exact) mass is 376 g/mol. The number of carbonyl (C=O) groups excluding carboxylic acids is 1. The summed E-state index contributed by atoms with van der Waals surface area (Å²) >= 11 is 0. The number of rotatable bonds is 3. The number of hydrogen-bond acceptors (Lipinski definition) is 5. The van der Waals surface area contributed by atoms with E-state index in [0.29, 0.717) is 18.8 Å². The van der Waals surface area contributed by atoms with Gasteiger partial charge in [0.15, 0.2) is 23.0 Å². The van der Waals surface area contributed by atoms with E-state index in [-0.39, 0.29) is 18.6 Å². The van der Waals surface area contributed by atoms with Crippen molar-refractivity contribution in [1.82, 2.24) is 9.88 Å². The summed E-state index contributed by atoms with van der Waals surface area (Å²) in [6.07, 6.45) is 5.15. The summed E-state index contributed by atoms with van der Waals surface area (Å²) in [6, 6.07) is 13.5. The fourth-order valence-electron chi connectivity index (χ4n) is 3.70. The van der Waals surface area contributed by atoms with Crippen LogP contribution in [-0.4, -0.2) is 35.7 Å². The van der Waals surface area contributed by atoms with Crippen LogP contribution in [0.4, 0.5) is 0 Å². The van der Waals surface area contributed by atoms with Crippen LogP contribution >= 0.6 is 0 Å². The molecular formula is C22H20N2O4. The predicted molar refractivity (Wildman–Crippen MR) is 104 cm³/mol. The van der Waals surface area contributed by atoms with Crippen molar-refractivity contribution in [3.8, 4) is 11.5 Å². The Morgan fingerprint density at radius 1 is 1.07 bits per heavy atom. The lowest BCUT2D eigenvalue weighted by Crippen LogP contribution is -2.36. The van der Waals surface area contributed by atoms with Crippen molar-refractivity contribution >= 4 is 23.1 Å². The van der Waals surface area contributed by atoms with Gasteiger partial charge in [0.2, 0.25) is 12.7 Å². The Balaban J connectivity index is 1.21. The maximum atomic E-state index is 12.5. The fraction of sp³-hybridized carbons (Fsp3) is 0.273. The number of nitrogens with zero attached hydrogens (tertiary/aromatic N) is 2. The van der Waals surface area contributed by atoms with Gasteiger partial charge in [0, 0.05) is 25.1 Å². The van der Waals surface area contributed by atoms with Crippen molar-refractivity contribution in [2.45, 2.75) is 18.8 Å². The second kappa shape index (κ2) is 7.03. The highest BCUT2D eigenvalue weighted by Gasteiger charge is 2.26. The number of benzene rings is 2. The Bertz CT molecular complexity index is 1010. The number of piperidine rings is 1. The standard InChI is InChI=1S/C22H20N2O4/c25-21(8-6-15-5-7-19-20(13-15)27-14-26-19)24-11-9-16(10-12-24)22-23-17-3-1-2-4-18(17)28-22/h1-8,13,16H,9-12,14H2/b8-6+. The van der Waals surface area contributed by atoms with Gasteiger partial charge >= 0.3 is 0 Å². The number of aromatic nitrogens is 1. The van der Waals surface area contributed by atoms with Crippen LogP contribution in [0.2, 0.25) is 0 Å². The minimum absolute atomic E-state index is 0.0219. The number of ether oxygens (including phenoxy) is 2. The highest BCUT2D eigenvalue weighted by molar-refractivity contribution is 5.92. The smallest absolute Gasteiger partial charge is 0.246 e. The van der Waals surface area contributed by atoms with Gasteiger partial charge < -0.3 is 18.8 Å². The van der Waals surface area contributed by atoms with Gasteiger partial charge in [0.25, 0.3) is 0 Å². The molecule has 2 aliphatic rings. The lowest BCUT2D eigenvalue weighted by atomic mass is 9.96. The van der Waals surface area contributed by atoms with E-state index < -0.39 is 0 Å². The van der Waals surface area contributed by atoms with E-state index >= 15 is 0 Å². The summed E-state index contributed by atoms with van der Waals surface area (Å²) < 4.78 is 16.6. The molecule has 6 heteroatoms. The zero-order valence-electron chi connectivity index (χ0n) is 15.3. The number of para-hydroxylation sites is 2. The van der Waals surface area contributed by atoms with Crippen LogP contribution in [0.25, 0.3) is 17.2 Å². The maximum absolute atomic E-state index is 12.5. The lowest BCUT2D eigenvalue weighted by molar-refractivity contribution is -0.127. The molecule has 0 unspecified atom stereocenters. The van der Waals surface area contributed by atoms with Crippen LogP contribution in [0.15, 0.2) is 53.0 Å². The average molecular weight is 376 g/mol. The molecule has 3 heterocycles. The van der Waals surface area contributed by atoms with Crippen LogP contribution in [-0.2, 0) is 4.79 Å². The van der Waals surface area contributed by atoms with Gasteiger partial charge in [-0.1, -0.05) is 18.2 Å². The van der Waals surface area contributed by atoms with E-state index in [1.165, 1.54) is 0 Å². The van der Waals surface area contributed by atoms with Gasteiger partial charge in [-0.15, -0.1) is 0 Å². The Hall–Kier alpha value is -3.28. The third kappa shape index (κ3) is 3.22. The van der Waals surface area contributed by atoms with Gasteiger partial charge in [0.1, 0.15) is 5.52 Å². The van der Waals surface area contributed by atoms with Crippen LogP contribution < -0.4 is 9.47 Å². The van der Waals surface area contributed by atoms with Gasteiger partial charge in [-0.25, -0.2) is 4.98 Å². The first kappa shape index (κ1) is 16.9. The van der Waals surface area contributed by atoms with Gasteiger partial charge in [-0.05, 0) is 48.7 Å². The summed E-state index contributed by atoms with van der Waals surface area (Å²) in [5.74, 6) is 2.52. The van der Waals surface area contributed by atoms with E-state index in [1.807, 2.05) is 53.4 Å². The topological polar surface area (TPSA) is 64.8 Å². The molecule has 5 rings (SSSR count). The highest BCUT2D eigenvalue weighted by atomic mass is 16.7. The first-order valence-electron chi connectivity index (χ1n) is 9.48. The minimum Gasteiger partial charge on any atom is -0.454 e. The first-order valence-corrected chi connectivity index (χ1v) is 9.48. The Labute approximate surface area is 162 Å². The molecule has 6 nitrogen and oxygen atoms in total.